The summed E-state index contributed by atoms with van der Waals surface area (Å²) in [4.78, 5) is 7.09. The van der Waals surface area contributed by atoms with Crippen LogP contribution in [0.3, 0.4) is 0 Å². The maximum atomic E-state index is 6.13. The highest BCUT2D eigenvalue weighted by atomic mass is 32.2. The zero-order valence-electron chi connectivity index (χ0n) is 13.7. The first-order chi connectivity index (χ1) is 10.1. The van der Waals surface area contributed by atoms with E-state index < -0.39 is 0 Å². The molecule has 0 radical (unpaired) electrons. The van der Waals surface area contributed by atoms with Crippen LogP contribution in [-0.2, 0) is 0 Å². The summed E-state index contributed by atoms with van der Waals surface area (Å²) >= 11 is 1.97. The van der Waals surface area contributed by atoms with Crippen LogP contribution < -0.4 is 11.1 Å². The molecule has 0 spiro atoms. The predicted molar refractivity (Wildman–Crippen MR) is 94.1 cm³/mol. The number of aliphatic imine (C=N–C) groups is 1. The topological polar surface area (TPSA) is 53.6 Å². The Kier molecular flexibility index (Phi) is 6.68. The van der Waals surface area contributed by atoms with Gasteiger partial charge in [-0.1, -0.05) is 25.7 Å². The first-order valence-corrected chi connectivity index (χ1v) is 9.66. The summed E-state index contributed by atoms with van der Waals surface area (Å²) in [5.74, 6) is 0.661. The average Bonchev–Trinajstić information content (AvgIpc) is 2.76. The van der Waals surface area contributed by atoms with E-state index in [0.717, 1.165) is 6.54 Å². The highest BCUT2D eigenvalue weighted by Crippen LogP contribution is 2.34. The molecule has 1 aliphatic carbocycles. The molecule has 0 aromatic carbocycles. The molecule has 21 heavy (non-hydrogen) atoms. The van der Waals surface area contributed by atoms with E-state index in [4.69, 9.17) is 5.73 Å². The van der Waals surface area contributed by atoms with E-state index in [9.17, 15) is 0 Å². The molecule has 1 heterocycles. The molecule has 0 bridgehead atoms. The van der Waals surface area contributed by atoms with Crippen LogP contribution >= 0.6 is 11.8 Å². The number of rotatable bonds is 4. The van der Waals surface area contributed by atoms with Gasteiger partial charge in [-0.05, 0) is 52.1 Å². The Bertz CT molecular complexity index is 329. The first-order valence-electron chi connectivity index (χ1n) is 8.44. The van der Waals surface area contributed by atoms with Gasteiger partial charge in [0.1, 0.15) is 0 Å². The van der Waals surface area contributed by atoms with Gasteiger partial charge in [0.05, 0.1) is 6.54 Å². The Balaban J connectivity index is 1.83. The van der Waals surface area contributed by atoms with Crippen LogP contribution in [0.25, 0.3) is 0 Å². The maximum absolute atomic E-state index is 6.13. The molecular weight excluding hydrogens is 280 g/mol. The summed E-state index contributed by atoms with van der Waals surface area (Å²) in [6.45, 7) is 3.20. The quantitative estimate of drug-likeness (QED) is 0.476. The molecule has 1 saturated heterocycles. The maximum Gasteiger partial charge on any atom is 0.188 e. The minimum absolute atomic E-state index is 0.294. The van der Waals surface area contributed by atoms with Crippen molar-refractivity contribution in [1.82, 2.24) is 10.2 Å². The average molecular weight is 313 g/mol. The van der Waals surface area contributed by atoms with Gasteiger partial charge in [0.2, 0.25) is 0 Å². The van der Waals surface area contributed by atoms with Gasteiger partial charge in [-0.2, -0.15) is 11.8 Å². The first kappa shape index (κ1) is 16.9. The van der Waals surface area contributed by atoms with E-state index in [1.807, 2.05) is 11.8 Å². The van der Waals surface area contributed by atoms with Gasteiger partial charge >= 0.3 is 0 Å². The van der Waals surface area contributed by atoms with Gasteiger partial charge in [-0.3, -0.25) is 4.99 Å². The number of nitrogens with two attached hydrogens (primary N) is 1. The third-order valence-electron chi connectivity index (χ3n) is 5.08. The smallest absolute Gasteiger partial charge is 0.188 e. The fraction of sp³-hybridized carbons (Fsp3) is 0.938. The van der Waals surface area contributed by atoms with Crippen molar-refractivity contribution in [3.05, 3.63) is 0 Å². The zero-order chi connectivity index (χ0) is 15.1. The van der Waals surface area contributed by atoms with Gasteiger partial charge in [0, 0.05) is 10.8 Å². The molecule has 2 rings (SSSR count). The lowest BCUT2D eigenvalue weighted by molar-refractivity contribution is 0.242. The summed E-state index contributed by atoms with van der Waals surface area (Å²) in [5.41, 5.74) is 6.13. The number of hydrogen-bond donors (Lipinski definition) is 2. The molecule has 5 heteroatoms. The SMILES string of the molecule is CSC1(CN=C(N)NC2CCCCCC2)CCN(C)CC1. The highest BCUT2D eigenvalue weighted by Gasteiger charge is 2.32. The molecular formula is C16H32N4S. The highest BCUT2D eigenvalue weighted by molar-refractivity contribution is 8.00. The minimum atomic E-state index is 0.294. The summed E-state index contributed by atoms with van der Waals surface area (Å²) < 4.78 is 0.294. The molecule has 1 saturated carbocycles. The van der Waals surface area contributed by atoms with Crippen LogP contribution in [0.5, 0.6) is 0 Å². The van der Waals surface area contributed by atoms with Crippen LogP contribution in [0.15, 0.2) is 4.99 Å². The van der Waals surface area contributed by atoms with E-state index in [2.05, 4.69) is 28.5 Å². The lowest BCUT2D eigenvalue weighted by Gasteiger charge is -2.38. The Morgan fingerprint density at radius 3 is 2.43 bits per heavy atom. The molecule has 2 aliphatic rings. The Hall–Kier alpha value is -0.420. The zero-order valence-corrected chi connectivity index (χ0v) is 14.6. The normalized spacial score (nSPS) is 25.5. The lowest BCUT2D eigenvalue weighted by Crippen LogP contribution is -2.44. The molecule has 2 fully saturated rings. The monoisotopic (exact) mass is 312 g/mol. The molecule has 4 nitrogen and oxygen atoms in total. The van der Waals surface area contributed by atoms with Gasteiger partial charge in [0.15, 0.2) is 5.96 Å². The van der Waals surface area contributed by atoms with Crippen LogP contribution in [0.1, 0.15) is 51.4 Å². The second-order valence-electron chi connectivity index (χ2n) is 6.72. The molecule has 0 atom stereocenters. The third kappa shape index (κ3) is 5.37. The van der Waals surface area contributed by atoms with E-state index in [1.54, 1.807) is 0 Å². The lowest BCUT2D eigenvalue weighted by atomic mass is 9.96. The standard InChI is InChI=1S/C16H32N4S/c1-20-11-9-16(21-2,10-12-20)13-18-15(17)19-14-7-5-3-4-6-8-14/h14H,3-13H2,1-2H3,(H3,17,18,19). The van der Waals surface area contributed by atoms with Gasteiger partial charge in [0.25, 0.3) is 0 Å². The molecule has 122 valence electrons. The van der Waals surface area contributed by atoms with Crippen molar-refractivity contribution in [2.24, 2.45) is 10.7 Å². The van der Waals surface area contributed by atoms with Gasteiger partial charge < -0.3 is 16.0 Å². The fourth-order valence-corrected chi connectivity index (χ4v) is 4.15. The van der Waals surface area contributed by atoms with Crippen molar-refractivity contribution in [2.75, 3.05) is 32.9 Å². The van der Waals surface area contributed by atoms with Crippen LogP contribution in [0.4, 0.5) is 0 Å². The number of nitrogens with one attached hydrogen (secondary N) is 1. The minimum Gasteiger partial charge on any atom is -0.370 e. The second-order valence-corrected chi connectivity index (χ2v) is 8.00. The third-order valence-corrected chi connectivity index (χ3v) is 6.48. The number of guanidine groups is 1. The van der Waals surface area contributed by atoms with Crippen molar-refractivity contribution in [3.8, 4) is 0 Å². The molecule has 0 aromatic heterocycles. The van der Waals surface area contributed by atoms with Gasteiger partial charge in [-0.15, -0.1) is 0 Å². The van der Waals surface area contributed by atoms with E-state index in [1.165, 1.54) is 64.5 Å². The number of piperidine rings is 1. The molecule has 0 aromatic rings. The molecule has 1 aliphatic heterocycles. The number of thioether (sulfide) groups is 1. The van der Waals surface area contributed by atoms with Crippen LogP contribution in [-0.4, -0.2) is 54.6 Å². The van der Waals surface area contributed by atoms with E-state index >= 15 is 0 Å². The number of likely N-dealkylation sites (tertiary alicyclic amines) is 1. The van der Waals surface area contributed by atoms with Crippen molar-refractivity contribution in [3.63, 3.8) is 0 Å². The Labute approximate surface area is 134 Å². The van der Waals surface area contributed by atoms with E-state index in [0.29, 0.717) is 16.7 Å². The Morgan fingerprint density at radius 1 is 1.24 bits per heavy atom. The predicted octanol–water partition coefficient (Wildman–Crippen LogP) is 2.44. The largest absolute Gasteiger partial charge is 0.370 e. The fourth-order valence-electron chi connectivity index (χ4n) is 3.36. The summed E-state index contributed by atoms with van der Waals surface area (Å²) in [7, 11) is 2.20. The second kappa shape index (κ2) is 8.28. The summed E-state index contributed by atoms with van der Waals surface area (Å²) in [5, 5.41) is 3.46. The van der Waals surface area contributed by atoms with E-state index in [-0.39, 0.29) is 0 Å². The van der Waals surface area contributed by atoms with Crippen molar-refractivity contribution >= 4 is 17.7 Å². The summed E-state index contributed by atoms with van der Waals surface area (Å²) in [6, 6.07) is 0.541. The Morgan fingerprint density at radius 2 is 1.86 bits per heavy atom. The number of hydrogen-bond acceptors (Lipinski definition) is 3. The molecule has 3 N–H and O–H groups in total. The van der Waals surface area contributed by atoms with Crippen LogP contribution in [0, 0.1) is 0 Å². The van der Waals surface area contributed by atoms with Crippen molar-refractivity contribution in [2.45, 2.75) is 62.2 Å². The van der Waals surface area contributed by atoms with Crippen molar-refractivity contribution < 1.29 is 0 Å². The van der Waals surface area contributed by atoms with Crippen molar-refractivity contribution in [1.29, 1.82) is 0 Å². The van der Waals surface area contributed by atoms with Crippen LogP contribution in [0.2, 0.25) is 0 Å². The molecule has 0 amide bonds. The number of nitrogens with zero attached hydrogens (tertiary/aromatic N) is 2. The molecule has 0 unspecified atom stereocenters. The summed E-state index contributed by atoms with van der Waals surface area (Å²) in [6.07, 6.45) is 12.5. The van der Waals surface area contributed by atoms with Gasteiger partial charge in [-0.25, -0.2) is 0 Å².